The normalized spacial score (nSPS) is 9.50. The lowest BCUT2D eigenvalue weighted by atomic mass is 10.3. The first-order chi connectivity index (χ1) is 5.70. The van der Waals surface area contributed by atoms with E-state index in [9.17, 15) is 4.79 Å². The maximum atomic E-state index is 10.3. The Morgan fingerprint density at radius 1 is 1.33 bits per heavy atom. The van der Waals surface area contributed by atoms with E-state index in [1.54, 1.807) is 6.07 Å². The van der Waals surface area contributed by atoms with Crippen LogP contribution in [0.1, 0.15) is 10.4 Å². The molecule has 12 heavy (non-hydrogen) atoms. The van der Waals surface area contributed by atoms with E-state index in [0.29, 0.717) is 5.56 Å². The average Bonchev–Trinajstić information content (AvgIpc) is 2.63. The molecule has 0 saturated heterocycles. The molecule has 0 aromatic heterocycles. The molecule has 0 aromatic carbocycles. The van der Waals surface area contributed by atoms with Crippen LogP contribution in [-0.2, 0) is 0 Å². The van der Waals surface area contributed by atoms with E-state index < -0.39 is 13.7 Å². The topological polar surface area (TPSA) is 77.8 Å². The predicted molar refractivity (Wildman–Crippen MR) is 44.0 cm³/mol. The van der Waals surface area contributed by atoms with Crippen molar-refractivity contribution in [1.29, 1.82) is 0 Å². The van der Waals surface area contributed by atoms with Crippen molar-refractivity contribution in [2.75, 3.05) is 0 Å². The van der Waals surface area contributed by atoms with Gasteiger partial charge in [0.15, 0.2) is 0 Å². The van der Waals surface area contributed by atoms with Gasteiger partial charge in [-0.2, -0.15) is 0 Å². The van der Waals surface area contributed by atoms with Crippen molar-refractivity contribution in [3.63, 3.8) is 0 Å². The molecule has 0 radical (unpaired) electrons. The van der Waals surface area contributed by atoms with Gasteiger partial charge in [-0.1, -0.05) is 6.07 Å². The van der Waals surface area contributed by atoms with Gasteiger partial charge in [-0.05, 0) is 23.3 Å². The van der Waals surface area contributed by atoms with E-state index >= 15 is 0 Å². The molecule has 0 heterocycles. The van der Waals surface area contributed by atoms with E-state index in [1.165, 1.54) is 0 Å². The van der Waals surface area contributed by atoms with E-state index in [1.807, 2.05) is 12.1 Å². The van der Waals surface area contributed by atoms with Crippen molar-refractivity contribution in [2.45, 2.75) is 0 Å². The second-order valence-corrected chi connectivity index (χ2v) is 2.21. The Kier molecular flexibility index (Phi) is 2.47. The summed E-state index contributed by atoms with van der Waals surface area (Å²) in [5, 5.41) is 22.7. The monoisotopic (exact) mass is 166 g/mol. The zero-order chi connectivity index (χ0) is 9.14. The summed E-state index contributed by atoms with van der Waals surface area (Å²) in [5.41, 5.74) is 2.42. The molecule has 0 aliphatic heterocycles. The highest BCUT2D eigenvalue weighted by Crippen LogP contribution is 2.37. The fraction of sp³-hybridized carbons (Fsp3) is 0. The Morgan fingerprint density at radius 2 is 1.92 bits per heavy atom. The molecule has 2 rings (SSSR count). The predicted octanol–water partition coefficient (Wildman–Crippen LogP) is -0.397. The van der Waals surface area contributed by atoms with Gasteiger partial charge in [0.05, 0.1) is 5.56 Å². The molecule has 0 bridgehead atoms. The molecule has 3 N–H and O–H groups in total. The van der Waals surface area contributed by atoms with Crippen LogP contribution in [0.25, 0.3) is 11.1 Å². The fourth-order valence-corrected chi connectivity index (χ4v) is 0.940. The number of carboxylic acids is 1. The summed E-state index contributed by atoms with van der Waals surface area (Å²) in [7, 11) is -0.750. The number of hydrogen-bond donors (Lipinski definition) is 3. The fourth-order valence-electron chi connectivity index (χ4n) is 0.940. The smallest absolute Gasteiger partial charge is 0.432 e. The number of fused-ring (bicyclic) bond motifs is 1. The Morgan fingerprint density at radius 3 is 2.08 bits per heavy atom. The zero-order valence-corrected chi connectivity index (χ0v) is 6.19. The molecule has 0 amide bonds. The van der Waals surface area contributed by atoms with Crippen LogP contribution in [0.2, 0.25) is 0 Å². The lowest BCUT2D eigenvalue weighted by Crippen LogP contribution is -1.91. The summed E-state index contributed by atoms with van der Waals surface area (Å²) in [4.78, 5) is 10.3. The third-order valence-corrected chi connectivity index (χ3v) is 1.48. The van der Waals surface area contributed by atoms with E-state index in [4.69, 9.17) is 15.2 Å². The van der Waals surface area contributed by atoms with Crippen LogP contribution >= 0.6 is 0 Å². The number of benzene rings is 1. The van der Waals surface area contributed by atoms with Crippen molar-refractivity contribution in [2.24, 2.45) is 0 Å². The largest absolute Gasteiger partial charge is 0.478 e. The van der Waals surface area contributed by atoms with Crippen LogP contribution in [0.4, 0.5) is 0 Å². The van der Waals surface area contributed by atoms with Gasteiger partial charge < -0.3 is 15.2 Å². The summed E-state index contributed by atoms with van der Waals surface area (Å²) in [6, 6.07) is 5.31. The third kappa shape index (κ3) is 1.64. The molecule has 5 heteroatoms. The van der Waals surface area contributed by atoms with Crippen LogP contribution in [0.5, 0.6) is 0 Å². The molecule has 4 nitrogen and oxygen atoms in total. The summed E-state index contributed by atoms with van der Waals surface area (Å²) in [6.45, 7) is 0. The van der Waals surface area contributed by atoms with Gasteiger partial charge in [0.25, 0.3) is 0 Å². The SMILES string of the molecule is O=C(O)c1ccc2cc1-2.OBO. The zero-order valence-electron chi connectivity index (χ0n) is 6.19. The van der Waals surface area contributed by atoms with Crippen LogP contribution in [0.15, 0.2) is 18.2 Å². The van der Waals surface area contributed by atoms with Crippen molar-refractivity contribution in [1.82, 2.24) is 0 Å². The van der Waals surface area contributed by atoms with Gasteiger partial charge in [0.1, 0.15) is 0 Å². The Bertz CT molecular complexity index is 310. The molecular formula is C7H7BO4. The first-order valence-corrected chi connectivity index (χ1v) is 3.30. The van der Waals surface area contributed by atoms with Crippen LogP contribution in [0, 0.1) is 0 Å². The summed E-state index contributed by atoms with van der Waals surface area (Å²) in [5.74, 6) is -0.829. The molecule has 2 aliphatic rings. The highest BCUT2D eigenvalue weighted by Gasteiger charge is 2.20. The lowest BCUT2D eigenvalue weighted by Gasteiger charge is -1.82. The minimum Gasteiger partial charge on any atom is -0.478 e. The molecule has 2 aliphatic carbocycles. The van der Waals surface area contributed by atoms with Crippen molar-refractivity contribution in [3.05, 3.63) is 23.8 Å². The van der Waals surface area contributed by atoms with Gasteiger partial charge in [0.2, 0.25) is 0 Å². The minimum absolute atomic E-state index is 0.435. The molecular weight excluding hydrogens is 159 g/mol. The molecule has 0 aromatic rings. The van der Waals surface area contributed by atoms with E-state index in [2.05, 4.69) is 0 Å². The second kappa shape index (κ2) is 3.38. The average molecular weight is 166 g/mol. The van der Waals surface area contributed by atoms with E-state index in [-0.39, 0.29) is 0 Å². The molecule has 62 valence electrons. The highest BCUT2D eigenvalue weighted by atomic mass is 16.4. The minimum atomic E-state index is -0.829. The highest BCUT2D eigenvalue weighted by molar-refractivity contribution is 6.13. The maximum Gasteiger partial charge on any atom is 0.432 e. The van der Waals surface area contributed by atoms with Gasteiger partial charge in [-0.3, -0.25) is 0 Å². The first-order valence-electron chi connectivity index (χ1n) is 3.30. The van der Waals surface area contributed by atoms with Crippen LogP contribution < -0.4 is 0 Å². The van der Waals surface area contributed by atoms with Crippen molar-refractivity contribution >= 4 is 13.7 Å². The third-order valence-electron chi connectivity index (χ3n) is 1.48. The summed E-state index contributed by atoms with van der Waals surface area (Å²) < 4.78 is 0. The number of hydrogen-bond acceptors (Lipinski definition) is 3. The van der Waals surface area contributed by atoms with Crippen LogP contribution in [0.3, 0.4) is 0 Å². The van der Waals surface area contributed by atoms with Gasteiger partial charge in [0, 0.05) is 0 Å². The van der Waals surface area contributed by atoms with Crippen molar-refractivity contribution in [3.8, 4) is 11.1 Å². The number of aromatic carboxylic acids is 1. The van der Waals surface area contributed by atoms with E-state index in [0.717, 1.165) is 11.1 Å². The number of carbonyl (C=O) groups is 1. The molecule has 0 saturated carbocycles. The summed E-state index contributed by atoms with van der Waals surface area (Å²) in [6.07, 6.45) is 0. The second-order valence-electron chi connectivity index (χ2n) is 2.21. The van der Waals surface area contributed by atoms with Gasteiger partial charge in [-0.15, -0.1) is 0 Å². The quantitative estimate of drug-likeness (QED) is 0.503. The molecule has 0 unspecified atom stereocenters. The maximum absolute atomic E-state index is 10.3. The molecule has 0 fully saturated rings. The first kappa shape index (κ1) is 8.77. The van der Waals surface area contributed by atoms with Gasteiger partial charge in [-0.25, -0.2) is 4.79 Å². The molecule has 0 atom stereocenters. The Hall–Kier alpha value is -1.33. The van der Waals surface area contributed by atoms with Gasteiger partial charge >= 0.3 is 13.7 Å². The standard InChI is InChI=1S/C7H4O2.BH3O2/c8-7(9)5-2-1-4-3-6(4)5;2-1-3/h1-3H,(H,8,9);1-3H. The Balaban J connectivity index is 0.000000213. The Labute approximate surface area is 69.4 Å². The van der Waals surface area contributed by atoms with Crippen LogP contribution in [-0.4, -0.2) is 28.8 Å². The lowest BCUT2D eigenvalue weighted by molar-refractivity contribution is 0.0698. The number of carboxylic acid groups (broad SMARTS) is 1. The molecule has 0 spiro atoms. The summed E-state index contributed by atoms with van der Waals surface area (Å²) >= 11 is 0. The number of rotatable bonds is 1. The van der Waals surface area contributed by atoms with Crippen molar-refractivity contribution < 1.29 is 19.9 Å².